The van der Waals surface area contributed by atoms with Gasteiger partial charge in [0.1, 0.15) is 4.90 Å². The molecule has 0 bridgehead atoms. The Morgan fingerprint density at radius 3 is 2.23 bits per heavy atom. The third-order valence-corrected chi connectivity index (χ3v) is 6.28. The lowest BCUT2D eigenvalue weighted by atomic mass is 10.1. The Kier molecular flexibility index (Phi) is 6.63. The van der Waals surface area contributed by atoms with Gasteiger partial charge in [0, 0.05) is 6.21 Å². The zero-order valence-corrected chi connectivity index (χ0v) is 19.5. The molecule has 0 fully saturated rings. The van der Waals surface area contributed by atoms with Crippen LogP contribution in [0.1, 0.15) is 22.3 Å². The van der Waals surface area contributed by atoms with Gasteiger partial charge in [-0.3, -0.25) is 4.99 Å². The molecule has 0 unspecified atom stereocenters. The summed E-state index contributed by atoms with van der Waals surface area (Å²) in [7, 11) is -2.55. The molecule has 30 heavy (non-hydrogen) atoms. The van der Waals surface area contributed by atoms with Crippen molar-refractivity contribution in [2.45, 2.75) is 25.7 Å². The van der Waals surface area contributed by atoms with Crippen molar-refractivity contribution in [1.82, 2.24) is 0 Å². The first kappa shape index (κ1) is 22.1. The van der Waals surface area contributed by atoms with Crippen LogP contribution in [0.3, 0.4) is 0 Å². The minimum absolute atomic E-state index is 0.0718. The number of nitrogens with zero attached hydrogens (tertiary/aromatic N) is 1. The van der Waals surface area contributed by atoms with Gasteiger partial charge in [-0.1, -0.05) is 35.4 Å². The van der Waals surface area contributed by atoms with Crippen LogP contribution < -0.4 is 8.92 Å². The van der Waals surface area contributed by atoms with E-state index in [1.54, 1.807) is 30.5 Å². The fraction of sp³-hybridized carbons (Fsp3) is 0.174. The second kappa shape index (κ2) is 9.02. The minimum Gasteiger partial charge on any atom is -0.493 e. The molecular weight excluding hydrogens is 466 g/mol. The fourth-order valence-electron chi connectivity index (χ4n) is 2.85. The summed E-state index contributed by atoms with van der Waals surface area (Å²) in [6.45, 7) is 5.92. The van der Waals surface area contributed by atoms with Gasteiger partial charge in [0.2, 0.25) is 0 Å². The Bertz CT molecular complexity index is 1200. The van der Waals surface area contributed by atoms with Crippen molar-refractivity contribution in [2.75, 3.05) is 7.11 Å². The molecule has 0 spiro atoms. The Morgan fingerprint density at radius 2 is 1.60 bits per heavy atom. The van der Waals surface area contributed by atoms with E-state index in [9.17, 15) is 8.42 Å². The molecule has 3 aromatic rings. The first-order chi connectivity index (χ1) is 14.2. The number of aliphatic imine (C=N–C) groups is 1. The average molecular weight is 488 g/mol. The number of hydrogen-bond acceptors (Lipinski definition) is 5. The molecule has 0 aromatic heterocycles. The summed E-state index contributed by atoms with van der Waals surface area (Å²) in [6, 6.07) is 15.9. The average Bonchev–Trinajstić information content (AvgIpc) is 2.69. The van der Waals surface area contributed by atoms with Crippen LogP contribution in [0.25, 0.3) is 0 Å². The topological polar surface area (TPSA) is 65.0 Å². The summed E-state index contributed by atoms with van der Waals surface area (Å²) in [4.78, 5) is 4.61. The third-order valence-electron chi connectivity index (χ3n) is 4.46. The first-order valence-corrected chi connectivity index (χ1v) is 11.4. The number of benzene rings is 3. The Labute approximate surface area is 185 Å². The number of halogens is 1. The summed E-state index contributed by atoms with van der Waals surface area (Å²) >= 11 is 3.39. The summed E-state index contributed by atoms with van der Waals surface area (Å²) in [5.74, 6) is 0.365. The van der Waals surface area contributed by atoms with Crippen LogP contribution in [0.2, 0.25) is 0 Å². The van der Waals surface area contributed by atoms with E-state index in [2.05, 4.69) is 27.0 Å². The molecule has 0 N–H and O–H groups in total. The van der Waals surface area contributed by atoms with Crippen molar-refractivity contribution >= 4 is 38.0 Å². The molecule has 5 nitrogen and oxygen atoms in total. The molecule has 0 aliphatic heterocycles. The van der Waals surface area contributed by atoms with Crippen LogP contribution in [0.5, 0.6) is 11.5 Å². The predicted molar refractivity (Wildman–Crippen MR) is 123 cm³/mol. The van der Waals surface area contributed by atoms with E-state index in [-0.39, 0.29) is 16.4 Å². The molecule has 7 heteroatoms. The van der Waals surface area contributed by atoms with E-state index >= 15 is 0 Å². The van der Waals surface area contributed by atoms with Gasteiger partial charge in [0.15, 0.2) is 11.5 Å². The van der Waals surface area contributed by atoms with Gasteiger partial charge in [-0.2, -0.15) is 8.42 Å². The molecule has 0 radical (unpaired) electrons. The van der Waals surface area contributed by atoms with E-state index in [0.29, 0.717) is 4.47 Å². The largest absolute Gasteiger partial charge is 0.493 e. The molecule has 0 saturated carbocycles. The van der Waals surface area contributed by atoms with Gasteiger partial charge >= 0.3 is 10.1 Å². The summed E-state index contributed by atoms with van der Waals surface area (Å²) < 4.78 is 36.5. The van der Waals surface area contributed by atoms with Crippen LogP contribution >= 0.6 is 15.9 Å². The quantitative estimate of drug-likeness (QED) is 0.320. The lowest BCUT2D eigenvalue weighted by molar-refractivity contribution is 0.389. The van der Waals surface area contributed by atoms with E-state index in [1.165, 1.54) is 24.8 Å². The highest BCUT2D eigenvalue weighted by atomic mass is 79.9. The molecule has 3 rings (SSSR count). The fourth-order valence-corrected chi connectivity index (χ4v) is 4.46. The van der Waals surface area contributed by atoms with Crippen molar-refractivity contribution in [3.05, 3.63) is 81.3 Å². The molecular formula is C23H22BrNO4S. The number of ether oxygens (including phenoxy) is 1. The zero-order valence-electron chi connectivity index (χ0n) is 17.1. The Morgan fingerprint density at radius 1 is 0.933 bits per heavy atom. The maximum absolute atomic E-state index is 12.7. The molecule has 0 amide bonds. The maximum atomic E-state index is 12.7. The monoisotopic (exact) mass is 487 g/mol. The van der Waals surface area contributed by atoms with Gasteiger partial charge in [-0.15, -0.1) is 0 Å². The van der Waals surface area contributed by atoms with Crippen LogP contribution in [0.4, 0.5) is 5.69 Å². The molecule has 0 atom stereocenters. The second-order valence-electron chi connectivity index (χ2n) is 6.93. The number of hydrogen-bond donors (Lipinski definition) is 0. The van der Waals surface area contributed by atoms with Gasteiger partial charge in [0.05, 0.1) is 17.3 Å². The Hall–Kier alpha value is -2.64. The number of aryl methyl sites for hydroxylation is 3. The summed E-state index contributed by atoms with van der Waals surface area (Å²) in [6.07, 6.45) is 1.70. The number of rotatable bonds is 6. The maximum Gasteiger partial charge on any atom is 0.339 e. The van der Waals surface area contributed by atoms with E-state index < -0.39 is 10.1 Å². The van der Waals surface area contributed by atoms with E-state index in [1.807, 2.05) is 32.9 Å². The van der Waals surface area contributed by atoms with Crippen molar-refractivity contribution in [3.63, 3.8) is 0 Å². The molecule has 156 valence electrons. The first-order valence-electron chi connectivity index (χ1n) is 9.19. The zero-order chi connectivity index (χ0) is 21.9. The van der Waals surface area contributed by atoms with Crippen molar-refractivity contribution in [3.8, 4) is 11.5 Å². The second-order valence-corrected chi connectivity index (χ2v) is 9.33. The van der Waals surface area contributed by atoms with Gasteiger partial charge < -0.3 is 8.92 Å². The predicted octanol–water partition coefficient (Wildman–Crippen LogP) is 5.90. The third kappa shape index (κ3) is 5.09. The van der Waals surface area contributed by atoms with Crippen LogP contribution in [-0.2, 0) is 10.1 Å². The highest BCUT2D eigenvalue weighted by molar-refractivity contribution is 9.10. The SMILES string of the molecule is COc1cc(C=Nc2ccc(C)cc2C)cc(Br)c1OS(=O)(=O)c1ccc(C)cc1. The van der Waals surface area contributed by atoms with Crippen LogP contribution in [0, 0.1) is 20.8 Å². The lowest BCUT2D eigenvalue weighted by Gasteiger charge is -2.13. The smallest absolute Gasteiger partial charge is 0.339 e. The molecule has 3 aromatic carbocycles. The van der Waals surface area contributed by atoms with Gasteiger partial charge in [0.25, 0.3) is 0 Å². The highest BCUT2D eigenvalue weighted by Crippen LogP contribution is 2.38. The normalized spacial score (nSPS) is 11.6. The van der Waals surface area contributed by atoms with Gasteiger partial charge in [-0.05, 0) is 78.2 Å². The Balaban J connectivity index is 1.92. The standard InChI is InChI=1S/C23H22BrNO4S/c1-15-5-8-19(9-6-15)30(26,27)29-23-20(24)12-18(13-22(23)28-4)14-25-21-10-7-16(2)11-17(21)3/h5-14H,1-4H3. The summed E-state index contributed by atoms with van der Waals surface area (Å²) in [5.41, 5.74) is 4.80. The van der Waals surface area contributed by atoms with E-state index in [0.717, 1.165) is 22.4 Å². The van der Waals surface area contributed by atoms with Gasteiger partial charge in [-0.25, -0.2) is 0 Å². The van der Waals surface area contributed by atoms with Crippen LogP contribution in [-0.4, -0.2) is 21.7 Å². The minimum atomic E-state index is -4.01. The molecule has 0 saturated heterocycles. The lowest BCUT2D eigenvalue weighted by Crippen LogP contribution is -2.11. The molecule has 0 heterocycles. The molecule has 0 aliphatic rings. The number of methoxy groups -OCH3 is 1. The highest BCUT2D eigenvalue weighted by Gasteiger charge is 2.21. The van der Waals surface area contributed by atoms with Crippen molar-refractivity contribution in [1.29, 1.82) is 0 Å². The van der Waals surface area contributed by atoms with Crippen LogP contribution in [0.15, 0.2) is 69.0 Å². The van der Waals surface area contributed by atoms with Crippen molar-refractivity contribution < 1.29 is 17.3 Å². The molecule has 0 aliphatic carbocycles. The van der Waals surface area contributed by atoms with E-state index in [4.69, 9.17) is 8.92 Å². The summed E-state index contributed by atoms with van der Waals surface area (Å²) in [5, 5.41) is 0. The van der Waals surface area contributed by atoms with Crippen molar-refractivity contribution in [2.24, 2.45) is 4.99 Å².